The molecule has 98 valence electrons. The van der Waals surface area contributed by atoms with Crippen LogP contribution in [0.25, 0.3) is 10.5 Å². The third-order valence-corrected chi connectivity index (χ3v) is 2.40. The number of aromatic nitrogens is 2. The smallest absolute Gasteiger partial charge is 0.435 e. The maximum absolute atomic E-state index is 12.6. The van der Waals surface area contributed by atoms with E-state index in [9.17, 15) is 13.2 Å². The molecular formula is C12H8F3N3O. The molecule has 0 aliphatic heterocycles. The molecule has 0 fully saturated rings. The van der Waals surface area contributed by atoms with Crippen LogP contribution >= 0.6 is 0 Å². The van der Waals surface area contributed by atoms with Crippen molar-refractivity contribution in [3.63, 3.8) is 0 Å². The van der Waals surface area contributed by atoms with Crippen LogP contribution in [0, 0.1) is 6.57 Å². The standard InChI is InChI=1S/C12H8F3N3O/c1-16-8-3-5-9(6-4-8)18-11(19-2)7-10(17-18)12(13,14)15/h3-7H,2H3. The second kappa shape index (κ2) is 4.65. The van der Waals surface area contributed by atoms with Crippen molar-refractivity contribution in [1.82, 2.24) is 9.78 Å². The summed E-state index contributed by atoms with van der Waals surface area (Å²) in [5.41, 5.74) is -0.246. The highest BCUT2D eigenvalue weighted by Gasteiger charge is 2.35. The fraction of sp³-hybridized carbons (Fsp3) is 0.167. The number of rotatable bonds is 2. The van der Waals surface area contributed by atoms with Crippen molar-refractivity contribution in [3.8, 4) is 11.6 Å². The van der Waals surface area contributed by atoms with Crippen LogP contribution in [-0.2, 0) is 6.18 Å². The van der Waals surface area contributed by atoms with Crippen LogP contribution < -0.4 is 4.74 Å². The molecule has 1 aromatic heterocycles. The van der Waals surface area contributed by atoms with Gasteiger partial charge >= 0.3 is 6.18 Å². The largest absolute Gasteiger partial charge is 0.481 e. The van der Waals surface area contributed by atoms with Gasteiger partial charge < -0.3 is 4.74 Å². The molecule has 0 atom stereocenters. The van der Waals surface area contributed by atoms with Gasteiger partial charge in [0.1, 0.15) is 0 Å². The summed E-state index contributed by atoms with van der Waals surface area (Å²) < 4.78 is 43.7. The first-order valence-corrected chi connectivity index (χ1v) is 5.15. The Labute approximate surface area is 106 Å². The molecule has 1 heterocycles. The number of ether oxygens (including phenoxy) is 1. The number of alkyl halides is 3. The molecule has 0 spiro atoms. The Morgan fingerprint density at radius 1 is 1.26 bits per heavy atom. The second-order valence-electron chi connectivity index (χ2n) is 3.61. The molecular weight excluding hydrogens is 259 g/mol. The number of methoxy groups -OCH3 is 1. The average molecular weight is 267 g/mol. The van der Waals surface area contributed by atoms with E-state index in [1.807, 2.05) is 0 Å². The molecule has 0 unspecified atom stereocenters. The predicted octanol–water partition coefficient (Wildman–Crippen LogP) is 3.45. The molecule has 0 aliphatic carbocycles. The van der Waals surface area contributed by atoms with E-state index >= 15 is 0 Å². The van der Waals surface area contributed by atoms with Gasteiger partial charge in [0.25, 0.3) is 0 Å². The Morgan fingerprint density at radius 3 is 2.37 bits per heavy atom. The van der Waals surface area contributed by atoms with Crippen LogP contribution in [0.3, 0.4) is 0 Å². The fourth-order valence-electron chi connectivity index (χ4n) is 1.50. The first kappa shape index (κ1) is 13.0. The van der Waals surface area contributed by atoms with Crippen LogP contribution in [0.5, 0.6) is 5.88 Å². The quantitative estimate of drug-likeness (QED) is 0.780. The molecule has 2 rings (SSSR count). The number of hydrogen-bond acceptors (Lipinski definition) is 2. The van der Waals surface area contributed by atoms with Crippen LogP contribution in [0.15, 0.2) is 30.3 Å². The van der Waals surface area contributed by atoms with E-state index in [0.29, 0.717) is 11.4 Å². The summed E-state index contributed by atoms with van der Waals surface area (Å²) in [6, 6.07) is 6.82. The first-order valence-electron chi connectivity index (χ1n) is 5.15. The van der Waals surface area contributed by atoms with Gasteiger partial charge in [0.2, 0.25) is 5.88 Å². The summed E-state index contributed by atoms with van der Waals surface area (Å²) in [5.74, 6) is -0.0251. The first-order chi connectivity index (χ1) is 8.95. The third kappa shape index (κ3) is 2.52. The highest BCUT2D eigenvalue weighted by Crippen LogP contribution is 2.32. The molecule has 4 nitrogen and oxygen atoms in total. The molecule has 0 amide bonds. The summed E-state index contributed by atoms with van der Waals surface area (Å²) in [6.07, 6.45) is -4.53. The molecule has 0 aliphatic rings. The monoisotopic (exact) mass is 267 g/mol. The van der Waals surface area contributed by atoms with E-state index in [2.05, 4.69) is 9.94 Å². The zero-order valence-electron chi connectivity index (χ0n) is 9.77. The molecule has 0 bridgehead atoms. The molecule has 7 heteroatoms. The topological polar surface area (TPSA) is 31.4 Å². The van der Waals surface area contributed by atoms with E-state index in [-0.39, 0.29) is 5.88 Å². The van der Waals surface area contributed by atoms with Crippen molar-refractivity contribution in [2.45, 2.75) is 6.18 Å². The van der Waals surface area contributed by atoms with Crippen molar-refractivity contribution < 1.29 is 17.9 Å². The molecule has 0 saturated heterocycles. The van der Waals surface area contributed by atoms with Crippen LogP contribution in [0.2, 0.25) is 0 Å². The van der Waals surface area contributed by atoms with Gasteiger partial charge in [-0.05, 0) is 12.1 Å². The lowest BCUT2D eigenvalue weighted by atomic mass is 10.3. The lowest BCUT2D eigenvalue weighted by Gasteiger charge is -2.05. The number of benzene rings is 1. The van der Waals surface area contributed by atoms with Gasteiger partial charge in [-0.3, -0.25) is 0 Å². The lowest BCUT2D eigenvalue weighted by Crippen LogP contribution is -2.07. The van der Waals surface area contributed by atoms with E-state index in [0.717, 1.165) is 10.7 Å². The Hall–Kier alpha value is -2.49. The average Bonchev–Trinajstić information content (AvgIpc) is 2.83. The summed E-state index contributed by atoms with van der Waals surface area (Å²) in [7, 11) is 1.27. The highest BCUT2D eigenvalue weighted by atomic mass is 19.4. The Balaban J connectivity index is 2.49. The molecule has 0 radical (unpaired) electrons. The maximum Gasteiger partial charge on any atom is 0.435 e. The van der Waals surface area contributed by atoms with Gasteiger partial charge in [-0.1, -0.05) is 12.1 Å². The maximum atomic E-state index is 12.6. The summed E-state index contributed by atoms with van der Waals surface area (Å²) >= 11 is 0. The number of halogens is 3. The van der Waals surface area contributed by atoms with Gasteiger partial charge in [0.15, 0.2) is 11.4 Å². The van der Waals surface area contributed by atoms with Crippen LogP contribution in [-0.4, -0.2) is 16.9 Å². The van der Waals surface area contributed by atoms with Crippen molar-refractivity contribution in [2.24, 2.45) is 0 Å². The molecule has 1 aromatic carbocycles. The Kier molecular flexibility index (Phi) is 3.17. The molecule has 2 aromatic rings. The van der Waals surface area contributed by atoms with E-state index in [1.165, 1.54) is 31.4 Å². The van der Waals surface area contributed by atoms with Crippen molar-refractivity contribution in [2.75, 3.05) is 7.11 Å². The zero-order valence-corrected chi connectivity index (χ0v) is 9.77. The number of hydrogen-bond donors (Lipinski definition) is 0. The summed E-state index contributed by atoms with van der Waals surface area (Å²) in [5, 5.41) is 3.47. The number of nitrogens with zero attached hydrogens (tertiary/aromatic N) is 3. The van der Waals surface area contributed by atoms with Gasteiger partial charge in [-0.25, -0.2) is 9.53 Å². The fourth-order valence-corrected chi connectivity index (χ4v) is 1.50. The van der Waals surface area contributed by atoms with Crippen molar-refractivity contribution >= 4 is 5.69 Å². The molecule has 19 heavy (non-hydrogen) atoms. The van der Waals surface area contributed by atoms with E-state index in [4.69, 9.17) is 11.3 Å². The van der Waals surface area contributed by atoms with E-state index in [1.54, 1.807) is 0 Å². The van der Waals surface area contributed by atoms with Crippen LogP contribution in [0.4, 0.5) is 18.9 Å². The highest BCUT2D eigenvalue weighted by molar-refractivity contribution is 5.50. The minimum Gasteiger partial charge on any atom is -0.481 e. The molecule has 0 N–H and O–H groups in total. The van der Waals surface area contributed by atoms with Gasteiger partial charge in [-0.2, -0.15) is 18.3 Å². The Bertz CT molecular complexity index is 623. The second-order valence-corrected chi connectivity index (χ2v) is 3.61. The normalized spacial score (nSPS) is 11.1. The van der Waals surface area contributed by atoms with Crippen LogP contribution in [0.1, 0.15) is 5.69 Å². The lowest BCUT2D eigenvalue weighted by molar-refractivity contribution is -0.141. The van der Waals surface area contributed by atoms with Crippen molar-refractivity contribution in [1.29, 1.82) is 0 Å². The minimum atomic E-state index is -4.53. The van der Waals surface area contributed by atoms with E-state index < -0.39 is 11.9 Å². The minimum absolute atomic E-state index is 0.0251. The Morgan fingerprint density at radius 2 is 1.89 bits per heavy atom. The zero-order chi connectivity index (χ0) is 14.0. The molecule has 0 saturated carbocycles. The van der Waals surface area contributed by atoms with Gasteiger partial charge in [0, 0.05) is 6.07 Å². The summed E-state index contributed by atoms with van der Waals surface area (Å²) in [4.78, 5) is 3.20. The third-order valence-electron chi connectivity index (χ3n) is 2.40. The predicted molar refractivity (Wildman–Crippen MR) is 61.4 cm³/mol. The van der Waals surface area contributed by atoms with Gasteiger partial charge in [0.05, 0.1) is 19.4 Å². The SMILES string of the molecule is [C-]#[N+]c1ccc(-n2nc(C(F)(F)F)cc2OC)cc1. The summed E-state index contributed by atoms with van der Waals surface area (Å²) in [6.45, 7) is 6.81. The van der Waals surface area contributed by atoms with Crippen molar-refractivity contribution in [3.05, 3.63) is 47.4 Å². The van der Waals surface area contributed by atoms with Gasteiger partial charge in [-0.15, -0.1) is 0 Å².